The number of carbonyl (C=O) groups excluding carboxylic acids is 2. The van der Waals surface area contributed by atoms with Crippen molar-refractivity contribution >= 4 is 17.5 Å². The molecule has 2 N–H and O–H groups in total. The molecular weight excluding hydrogens is 340 g/mol. The minimum Gasteiger partial charge on any atom is -0.490 e. The maximum Gasteiger partial charge on any atom is 0.226 e. The number of hydrogen-bond acceptors (Lipinski definition) is 3. The standard InChI is InChI=1S/C22H26N2O3/c25-21(14-15-23-22(26)16-17-6-2-1-3-7-17)24-18-10-12-20(13-11-18)27-19-8-4-5-9-19/h1-3,6-7,10-13,19H,4-5,8-9,14-16H2,(H,23,26)(H,24,25). The zero-order chi connectivity index (χ0) is 18.9. The molecular formula is C22H26N2O3. The zero-order valence-electron chi connectivity index (χ0n) is 15.4. The molecule has 1 saturated carbocycles. The Labute approximate surface area is 160 Å². The highest BCUT2D eigenvalue weighted by Gasteiger charge is 2.16. The van der Waals surface area contributed by atoms with Gasteiger partial charge in [0.1, 0.15) is 5.75 Å². The normalized spacial score (nSPS) is 13.9. The Morgan fingerprint density at radius 1 is 0.926 bits per heavy atom. The van der Waals surface area contributed by atoms with Crippen LogP contribution in [0.15, 0.2) is 54.6 Å². The molecule has 0 unspecified atom stereocenters. The van der Waals surface area contributed by atoms with Gasteiger partial charge in [0.15, 0.2) is 0 Å². The highest BCUT2D eigenvalue weighted by molar-refractivity contribution is 5.91. The molecule has 0 aliphatic heterocycles. The number of benzene rings is 2. The lowest BCUT2D eigenvalue weighted by molar-refractivity contribution is -0.120. The van der Waals surface area contributed by atoms with E-state index < -0.39 is 0 Å². The van der Waals surface area contributed by atoms with Gasteiger partial charge in [0.25, 0.3) is 0 Å². The van der Waals surface area contributed by atoms with E-state index >= 15 is 0 Å². The Morgan fingerprint density at radius 2 is 1.63 bits per heavy atom. The molecule has 142 valence electrons. The predicted octanol–water partition coefficient (Wildman–Crippen LogP) is 3.70. The lowest BCUT2D eigenvalue weighted by Crippen LogP contribution is -2.28. The fourth-order valence-electron chi connectivity index (χ4n) is 3.20. The van der Waals surface area contributed by atoms with Crippen molar-refractivity contribution in [2.45, 2.75) is 44.6 Å². The van der Waals surface area contributed by atoms with E-state index in [1.54, 1.807) is 0 Å². The Kier molecular flexibility index (Phi) is 6.85. The predicted molar refractivity (Wildman–Crippen MR) is 106 cm³/mol. The third-order valence-corrected chi connectivity index (χ3v) is 4.62. The molecule has 0 aromatic heterocycles. The summed E-state index contributed by atoms with van der Waals surface area (Å²) in [5, 5.41) is 5.62. The highest BCUT2D eigenvalue weighted by Crippen LogP contribution is 2.25. The summed E-state index contributed by atoms with van der Waals surface area (Å²) in [7, 11) is 0. The summed E-state index contributed by atoms with van der Waals surface area (Å²) in [4.78, 5) is 23.9. The first-order chi connectivity index (χ1) is 13.2. The van der Waals surface area contributed by atoms with Gasteiger partial charge in [-0.25, -0.2) is 0 Å². The van der Waals surface area contributed by atoms with E-state index in [2.05, 4.69) is 10.6 Å². The monoisotopic (exact) mass is 366 g/mol. The van der Waals surface area contributed by atoms with Crippen molar-refractivity contribution in [2.24, 2.45) is 0 Å². The van der Waals surface area contributed by atoms with Crippen molar-refractivity contribution in [3.05, 3.63) is 60.2 Å². The van der Waals surface area contributed by atoms with Gasteiger partial charge in [-0.15, -0.1) is 0 Å². The third kappa shape index (κ3) is 6.44. The molecule has 0 spiro atoms. The quantitative estimate of drug-likeness (QED) is 0.749. The van der Waals surface area contributed by atoms with Gasteiger partial charge in [-0.2, -0.15) is 0 Å². The summed E-state index contributed by atoms with van der Waals surface area (Å²) in [6.07, 6.45) is 5.60. The number of anilines is 1. The molecule has 0 bridgehead atoms. The molecule has 2 aromatic rings. The van der Waals surface area contributed by atoms with Gasteiger partial charge in [0.2, 0.25) is 11.8 Å². The maximum absolute atomic E-state index is 12.0. The molecule has 2 aromatic carbocycles. The topological polar surface area (TPSA) is 67.4 Å². The second-order valence-electron chi connectivity index (χ2n) is 6.86. The van der Waals surface area contributed by atoms with Gasteiger partial charge in [0.05, 0.1) is 12.5 Å². The number of amides is 2. The molecule has 27 heavy (non-hydrogen) atoms. The van der Waals surface area contributed by atoms with Crippen LogP contribution < -0.4 is 15.4 Å². The summed E-state index contributed by atoms with van der Waals surface area (Å²) in [6.45, 7) is 0.320. The Bertz CT molecular complexity index is 738. The first-order valence-corrected chi connectivity index (χ1v) is 9.56. The highest BCUT2D eigenvalue weighted by atomic mass is 16.5. The number of nitrogens with one attached hydrogen (secondary N) is 2. The molecule has 1 fully saturated rings. The van der Waals surface area contributed by atoms with Crippen molar-refractivity contribution < 1.29 is 14.3 Å². The van der Waals surface area contributed by atoms with Crippen LogP contribution in [0.25, 0.3) is 0 Å². The third-order valence-electron chi connectivity index (χ3n) is 4.62. The molecule has 1 aliphatic carbocycles. The fourth-order valence-corrected chi connectivity index (χ4v) is 3.20. The van der Waals surface area contributed by atoms with Gasteiger partial charge in [-0.05, 0) is 55.5 Å². The van der Waals surface area contributed by atoms with Crippen LogP contribution in [0.1, 0.15) is 37.7 Å². The Balaban J connectivity index is 1.35. The van der Waals surface area contributed by atoms with Gasteiger partial charge in [0, 0.05) is 18.7 Å². The van der Waals surface area contributed by atoms with E-state index in [1.807, 2.05) is 54.6 Å². The van der Waals surface area contributed by atoms with Crippen molar-refractivity contribution in [1.29, 1.82) is 0 Å². The average Bonchev–Trinajstić information content (AvgIpc) is 3.17. The van der Waals surface area contributed by atoms with Crippen LogP contribution in [0.2, 0.25) is 0 Å². The van der Waals surface area contributed by atoms with Crippen LogP contribution in [0, 0.1) is 0 Å². The van der Waals surface area contributed by atoms with Gasteiger partial charge in [-0.1, -0.05) is 30.3 Å². The Hall–Kier alpha value is -2.82. The lowest BCUT2D eigenvalue weighted by Gasteiger charge is -2.13. The van der Waals surface area contributed by atoms with Crippen molar-refractivity contribution in [2.75, 3.05) is 11.9 Å². The molecule has 0 atom stereocenters. The van der Waals surface area contributed by atoms with E-state index in [4.69, 9.17) is 4.74 Å². The molecule has 5 nitrogen and oxygen atoms in total. The summed E-state index contributed by atoms with van der Waals surface area (Å²) < 4.78 is 5.92. The number of carbonyl (C=O) groups is 2. The largest absolute Gasteiger partial charge is 0.490 e. The van der Waals surface area contributed by atoms with Crippen molar-refractivity contribution in [3.63, 3.8) is 0 Å². The summed E-state index contributed by atoms with van der Waals surface area (Å²) >= 11 is 0. The zero-order valence-corrected chi connectivity index (χ0v) is 15.4. The van der Waals surface area contributed by atoms with Gasteiger partial charge in [-0.3, -0.25) is 9.59 Å². The van der Waals surface area contributed by atoms with Crippen LogP contribution in [0.4, 0.5) is 5.69 Å². The second kappa shape index (κ2) is 9.76. The lowest BCUT2D eigenvalue weighted by atomic mass is 10.1. The maximum atomic E-state index is 12.0. The molecule has 2 amide bonds. The molecule has 3 rings (SSSR count). The molecule has 1 aliphatic rings. The second-order valence-corrected chi connectivity index (χ2v) is 6.86. The van der Waals surface area contributed by atoms with E-state index in [9.17, 15) is 9.59 Å². The van der Waals surface area contributed by atoms with Crippen LogP contribution in [-0.2, 0) is 16.0 Å². The molecule has 0 saturated heterocycles. The van der Waals surface area contributed by atoms with E-state index in [0.29, 0.717) is 19.1 Å². The molecule has 0 heterocycles. The van der Waals surface area contributed by atoms with Gasteiger partial charge >= 0.3 is 0 Å². The Morgan fingerprint density at radius 3 is 2.33 bits per heavy atom. The summed E-state index contributed by atoms with van der Waals surface area (Å²) in [5.41, 5.74) is 1.69. The minimum atomic E-state index is -0.125. The first-order valence-electron chi connectivity index (χ1n) is 9.56. The SMILES string of the molecule is O=C(Cc1ccccc1)NCCC(=O)Nc1ccc(OC2CCCC2)cc1. The fraction of sp³-hybridized carbons (Fsp3) is 0.364. The summed E-state index contributed by atoms with van der Waals surface area (Å²) in [6, 6.07) is 17.0. The first kappa shape index (κ1) is 19.0. The summed E-state index contributed by atoms with van der Waals surface area (Å²) in [5.74, 6) is 0.634. The molecule has 5 heteroatoms. The number of hydrogen-bond donors (Lipinski definition) is 2. The molecule has 0 radical (unpaired) electrons. The van der Waals surface area contributed by atoms with Crippen LogP contribution in [0.3, 0.4) is 0 Å². The van der Waals surface area contributed by atoms with E-state index in [0.717, 1.165) is 29.8 Å². The van der Waals surface area contributed by atoms with E-state index in [-0.39, 0.29) is 18.2 Å². The van der Waals surface area contributed by atoms with E-state index in [1.165, 1.54) is 12.8 Å². The smallest absolute Gasteiger partial charge is 0.226 e. The van der Waals surface area contributed by atoms with Crippen LogP contribution in [0.5, 0.6) is 5.75 Å². The minimum absolute atomic E-state index is 0.0811. The number of rotatable bonds is 8. The van der Waals surface area contributed by atoms with Crippen LogP contribution in [-0.4, -0.2) is 24.5 Å². The van der Waals surface area contributed by atoms with Crippen LogP contribution >= 0.6 is 0 Å². The van der Waals surface area contributed by atoms with Gasteiger partial charge < -0.3 is 15.4 Å². The van der Waals surface area contributed by atoms with Crippen molar-refractivity contribution in [1.82, 2.24) is 5.32 Å². The average molecular weight is 366 g/mol. The van der Waals surface area contributed by atoms with Crippen molar-refractivity contribution in [3.8, 4) is 5.75 Å². The number of ether oxygens (including phenoxy) is 1.